The topological polar surface area (TPSA) is 47.6 Å². The zero-order valence-corrected chi connectivity index (χ0v) is 15.2. The Kier molecular flexibility index (Phi) is 4.63. The van der Waals surface area contributed by atoms with E-state index in [0.29, 0.717) is 24.5 Å². The van der Waals surface area contributed by atoms with Gasteiger partial charge in [0.05, 0.1) is 12.8 Å². The van der Waals surface area contributed by atoms with E-state index in [1.54, 1.807) is 18.4 Å². The maximum atomic E-state index is 12.2. The van der Waals surface area contributed by atoms with Crippen LogP contribution in [0.1, 0.15) is 28.3 Å². The predicted molar refractivity (Wildman–Crippen MR) is 103 cm³/mol. The van der Waals surface area contributed by atoms with Crippen LogP contribution < -0.4 is 14.8 Å². The number of rotatable bonds is 5. The number of amides is 1. The molecule has 1 N–H and O–H groups in total. The van der Waals surface area contributed by atoms with Gasteiger partial charge in [0.2, 0.25) is 5.91 Å². The fourth-order valence-corrected chi connectivity index (χ4v) is 4.25. The second kappa shape index (κ2) is 7.22. The second-order valence-electron chi connectivity index (χ2n) is 6.16. The minimum Gasteiger partial charge on any atom is -0.493 e. The Bertz CT molecular complexity index is 920. The van der Waals surface area contributed by atoms with Gasteiger partial charge in [-0.25, -0.2) is 0 Å². The molecule has 4 nitrogen and oxygen atoms in total. The van der Waals surface area contributed by atoms with Gasteiger partial charge in [-0.15, -0.1) is 11.3 Å². The molecule has 132 valence electrons. The summed E-state index contributed by atoms with van der Waals surface area (Å²) in [6.45, 7) is 0.449. The normalized spacial score (nSPS) is 15.9. The van der Waals surface area contributed by atoms with Crippen LogP contribution in [0, 0.1) is 0 Å². The number of nitrogens with one attached hydrogen (secondary N) is 1. The van der Waals surface area contributed by atoms with E-state index in [4.69, 9.17) is 9.47 Å². The standard InChI is InChI=1S/C21H19NO3S/c1-24-18-9-5-8-15(20(18)25-13-14-6-3-2-4-7-14)16-12-19(23)22-17-10-11-26-21(16)17/h2-11,16H,12-13H2,1H3,(H,22,23)/t16-/m0/s1. The van der Waals surface area contributed by atoms with Gasteiger partial charge in [0.15, 0.2) is 11.5 Å². The van der Waals surface area contributed by atoms with Crippen LogP contribution in [0.4, 0.5) is 5.69 Å². The molecule has 1 aliphatic heterocycles. The number of benzene rings is 2. The average Bonchev–Trinajstić information content (AvgIpc) is 3.14. The SMILES string of the molecule is COc1cccc([C@@H]2CC(=O)Nc3ccsc32)c1OCc1ccccc1. The first-order valence-corrected chi connectivity index (χ1v) is 9.35. The fourth-order valence-electron chi connectivity index (χ4n) is 3.28. The van der Waals surface area contributed by atoms with Crippen LogP contribution in [-0.4, -0.2) is 13.0 Å². The monoisotopic (exact) mass is 365 g/mol. The van der Waals surface area contributed by atoms with Crippen LogP contribution in [-0.2, 0) is 11.4 Å². The first-order chi connectivity index (χ1) is 12.8. The molecule has 0 bridgehead atoms. The van der Waals surface area contributed by atoms with Crippen LogP contribution in [0.2, 0.25) is 0 Å². The highest BCUT2D eigenvalue weighted by Gasteiger charge is 2.30. The van der Waals surface area contributed by atoms with Gasteiger partial charge in [-0.05, 0) is 23.1 Å². The summed E-state index contributed by atoms with van der Waals surface area (Å²) in [6.07, 6.45) is 0.405. The molecule has 1 amide bonds. The van der Waals surface area contributed by atoms with Gasteiger partial charge >= 0.3 is 0 Å². The Morgan fingerprint density at radius 3 is 2.77 bits per heavy atom. The molecule has 3 aromatic rings. The summed E-state index contributed by atoms with van der Waals surface area (Å²) in [7, 11) is 1.64. The summed E-state index contributed by atoms with van der Waals surface area (Å²) in [5.41, 5.74) is 2.97. The van der Waals surface area contributed by atoms with E-state index in [-0.39, 0.29) is 11.8 Å². The molecular formula is C21H19NO3S. The molecular weight excluding hydrogens is 346 g/mol. The summed E-state index contributed by atoms with van der Waals surface area (Å²) in [6, 6.07) is 17.8. The third kappa shape index (κ3) is 3.18. The van der Waals surface area contributed by atoms with Crippen LogP contribution >= 0.6 is 11.3 Å². The van der Waals surface area contributed by atoms with Crippen LogP contribution in [0.25, 0.3) is 0 Å². The fraction of sp³-hybridized carbons (Fsp3) is 0.190. The molecule has 4 rings (SSSR count). The Hall–Kier alpha value is -2.79. The largest absolute Gasteiger partial charge is 0.493 e. The van der Waals surface area contributed by atoms with E-state index < -0.39 is 0 Å². The van der Waals surface area contributed by atoms with E-state index in [1.165, 1.54) is 0 Å². The molecule has 0 aliphatic carbocycles. The van der Waals surface area contributed by atoms with Crippen molar-refractivity contribution in [2.24, 2.45) is 0 Å². The minimum absolute atomic E-state index is 0.0257. The maximum absolute atomic E-state index is 12.2. The van der Waals surface area contributed by atoms with Crippen molar-refractivity contribution in [2.45, 2.75) is 18.9 Å². The lowest BCUT2D eigenvalue weighted by Crippen LogP contribution is -2.22. The number of carbonyl (C=O) groups is 1. The van der Waals surface area contributed by atoms with E-state index in [9.17, 15) is 4.79 Å². The molecule has 0 radical (unpaired) electrons. The first kappa shape index (κ1) is 16.7. The molecule has 0 fully saturated rings. The number of thiophene rings is 1. The third-order valence-electron chi connectivity index (χ3n) is 4.51. The number of ether oxygens (including phenoxy) is 2. The minimum atomic E-state index is -0.0281. The van der Waals surface area contributed by atoms with Gasteiger partial charge in [0.1, 0.15) is 6.61 Å². The maximum Gasteiger partial charge on any atom is 0.225 e. The van der Waals surface area contributed by atoms with E-state index in [1.807, 2.05) is 60.0 Å². The van der Waals surface area contributed by atoms with Crippen LogP contribution in [0.5, 0.6) is 11.5 Å². The van der Waals surface area contributed by atoms with Gasteiger partial charge < -0.3 is 14.8 Å². The highest BCUT2D eigenvalue weighted by molar-refractivity contribution is 7.10. The van der Waals surface area contributed by atoms with Crippen molar-refractivity contribution in [3.63, 3.8) is 0 Å². The molecule has 5 heteroatoms. The Labute approximate surface area is 156 Å². The number of carbonyl (C=O) groups excluding carboxylic acids is 1. The average molecular weight is 365 g/mol. The summed E-state index contributed by atoms with van der Waals surface area (Å²) in [5.74, 6) is 1.39. The van der Waals surface area contributed by atoms with Crippen molar-refractivity contribution in [1.82, 2.24) is 0 Å². The summed E-state index contributed by atoms with van der Waals surface area (Å²) in [4.78, 5) is 13.3. The van der Waals surface area contributed by atoms with Crippen molar-refractivity contribution in [3.05, 3.63) is 76.0 Å². The third-order valence-corrected chi connectivity index (χ3v) is 5.54. The number of anilines is 1. The summed E-state index contributed by atoms with van der Waals surface area (Å²) >= 11 is 1.66. The lowest BCUT2D eigenvalue weighted by molar-refractivity contribution is -0.116. The molecule has 1 atom stereocenters. The molecule has 0 saturated heterocycles. The van der Waals surface area contributed by atoms with Crippen molar-refractivity contribution < 1.29 is 14.3 Å². The van der Waals surface area contributed by atoms with Crippen LogP contribution in [0.15, 0.2) is 60.0 Å². The highest BCUT2D eigenvalue weighted by atomic mass is 32.1. The van der Waals surface area contributed by atoms with E-state index >= 15 is 0 Å². The van der Waals surface area contributed by atoms with Crippen molar-refractivity contribution >= 4 is 22.9 Å². The smallest absolute Gasteiger partial charge is 0.225 e. The molecule has 26 heavy (non-hydrogen) atoms. The lowest BCUT2D eigenvalue weighted by Gasteiger charge is -2.25. The predicted octanol–water partition coefficient (Wildman–Crippen LogP) is 4.81. The molecule has 0 unspecified atom stereocenters. The van der Waals surface area contributed by atoms with E-state index in [0.717, 1.165) is 21.7 Å². The van der Waals surface area contributed by atoms with Crippen molar-refractivity contribution in [2.75, 3.05) is 12.4 Å². The number of methoxy groups -OCH3 is 1. The number of hydrogen-bond acceptors (Lipinski definition) is 4. The molecule has 1 aromatic heterocycles. The number of fused-ring (bicyclic) bond motifs is 1. The van der Waals surface area contributed by atoms with Crippen molar-refractivity contribution in [3.8, 4) is 11.5 Å². The summed E-state index contributed by atoms with van der Waals surface area (Å²) < 4.78 is 11.7. The second-order valence-corrected chi connectivity index (χ2v) is 7.10. The molecule has 0 saturated carbocycles. The van der Waals surface area contributed by atoms with E-state index in [2.05, 4.69) is 5.32 Å². The Morgan fingerprint density at radius 1 is 1.12 bits per heavy atom. The van der Waals surface area contributed by atoms with Gasteiger partial charge in [-0.1, -0.05) is 42.5 Å². The zero-order chi connectivity index (χ0) is 17.9. The molecule has 0 spiro atoms. The summed E-state index contributed by atoms with van der Waals surface area (Å²) in [5, 5.41) is 4.95. The lowest BCUT2D eigenvalue weighted by atomic mass is 9.89. The molecule has 2 aromatic carbocycles. The number of para-hydroxylation sites is 1. The highest BCUT2D eigenvalue weighted by Crippen LogP contribution is 2.46. The first-order valence-electron chi connectivity index (χ1n) is 8.47. The quantitative estimate of drug-likeness (QED) is 0.706. The number of hydrogen-bond donors (Lipinski definition) is 1. The van der Waals surface area contributed by atoms with Gasteiger partial charge in [0, 0.05) is 22.8 Å². The molecule has 1 aliphatic rings. The van der Waals surface area contributed by atoms with Crippen LogP contribution in [0.3, 0.4) is 0 Å². The van der Waals surface area contributed by atoms with Crippen molar-refractivity contribution in [1.29, 1.82) is 0 Å². The van der Waals surface area contributed by atoms with Gasteiger partial charge in [-0.3, -0.25) is 4.79 Å². The van der Waals surface area contributed by atoms with Gasteiger partial charge in [0.25, 0.3) is 0 Å². The molecule has 2 heterocycles. The zero-order valence-electron chi connectivity index (χ0n) is 14.4. The van der Waals surface area contributed by atoms with Gasteiger partial charge in [-0.2, -0.15) is 0 Å². The Morgan fingerprint density at radius 2 is 1.96 bits per heavy atom. The Balaban J connectivity index is 1.72.